The highest BCUT2D eigenvalue weighted by molar-refractivity contribution is 5.82. The van der Waals surface area contributed by atoms with Gasteiger partial charge in [-0.15, -0.1) is 0 Å². The summed E-state index contributed by atoms with van der Waals surface area (Å²) in [5, 5.41) is 9.12. The molecule has 1 N–H and O–H groups in total. The highest BCUT2D eigenvalue weighted by Gasteiger charge is 2.31. The van der Waals surface area contributed by atoms with Crippen LogP contribution >= 0.6 is 0 Å². The van der Waals surface area contributed by atoms with Gasteiger partial charge in [-0.05, 0) is 19.8 Å². The number of carbonyl (C=O) groups excluding carboxylic acids is 1. The average Bonchev–Trinajstić information content (AvgIpc) is 2.52. The molecule has 5 nitrogen and oxygen atoms in total. The van der Waals surface area contributed by atoms with Crippen LogP contribution in [-0.2, 0) is 4.79 Å². The molecule has 0 aliphatic carbocycles. The number of aliphatic carboxylic acids is 1. The molecule has 1 atom stereocenters. The van der Waals surface area contributed by atoms with Gasteiger partial charge in [0, 0.05) is 20.1 Å². The molecule has 2 amide bonds. The van der Waals surface area contributed by atoms with Crippen LogP contribution < -0.4 is 0 Å². The van der Waals surface area contributed by atoms with Crippen LogP contribution in [-0.4, -0.2) is 53.1 Å². The quantitative estimate of drug-likeness (QED) is 0.776. The Morgan fingerprint density at radius 1 is 1.38 bits per heavy atom. The van der Waals surface area contributed by atoms with Gasteiger partial charge >= 0.3 is 12.0 Å². The topological polar surface area (TPSA) is 60.9 Å². The summed E-state index contributed by atoms with van der Waals surface area (Å²) in [6, 6.07) is -0.819. The van der Waals surface area contributed by atoms with E-state index >= 15 is 0 Å². The van der Waals surface area contributed by atoms with Crippen LogP contribution in [0.25, 0.3) is 0 Å². The Bertz CT molecular complexity index is 268. The van der Waals surface area contributed by atoms with E-state index in [-0.39, 0.29) is 6.03 Å². The summed E-state index contributed by atoms with van der Waals surface area (Å²) in [7, 11) is 1.70. The molecule has 1 fully saturated rings. The first kappa shape index (κ1) is 12.8. The van der Waals surface area contributed by atoms with E-state index in [9.17, 15) is 9.59 Å². The van der Waals surface area contributed by atoms with Gasteiger partial charge in [0.15, 0.2) is 0 Å². The number of hydrogen-bond donors (Lipinski definition) is 1. The molecule has 0 aromatic rings. The van der Waals surface area contributed by atoms with Gasteiger partial charge in [0.1, 0.15) is 6.04 Å². The van der Waals surface area contributed by atoms with Gasteiger partial charge < -0.3 is 14.9 Å². The molecule has 16 heavy (non-hydrogen) atoms. The fourth-order valence-corrected chi connectivity index (χ4v) is 1.95. The van der Waals surface area contributed by atoms with E-state index in [1.165, 1.54) is 4.90 Å². The molecule has 0 saturated carbocycles. The standard InChI is InChI=1S/C11H20N2O3/c1-3-12(2)11(16)13-8-6-4-5-7-9(13)10(14)15/h9H,3-8H2,1-2H3,(H,14,15). The molecule has 1 rings (SSSR count). The Morgan fingerprint density at radius 2 is 2.06 bits per heavy atom. The molecular formula is C11H20N2O3. The summed E-state index contributed by atoms with van der Waals surface area (Å²) >= 11 is 0. The number of rotatable bonds is 2. The second kappa shape index (κ2) is 5.72. The average molecular weight is 228 g/mol. The first-order valence-corrected chi connectivity index (χ1v) is 5.82. The number of urea groups is 1. The molecule has 1 aliphatic rings. The molecule has 1 saturated heterocycles. The maximum atomic E-state index is 12.0. The third-order valence-corrected chi connectivity index (χ3v) is 3.08. The first-order valence-electron chi connectivity index (χ1n) is 5.82. The van der Waals surface area contributed by atoms with Crippen LogP contribution in [0.1, 0.15) is 32.6 Å². The Kier molecular flexibility index (Phi) is 4.58. The second-order valence-electron chi connectivity index (χ2n) is 4.19. The van der Waals surface area contributed by atoms with Gasteiger partial charge in [-0.25, -0.2) is 9.59 Å². The van der Waals surface area contributed by atoms with Crippen LogP contribution in [0, 0.1) is 0 Å². The van der Waals surface area contributed by atoms with Crippen molar-refractivity contribution in [3.63, 3.8) is 0 Å². The number of carboxylic acid groups (broad SMARTS) is 1. The van der Waals surface area contributed by atoms with Crippen LogP contribution in [0.5, 0.6) is 0 Å². The molecule has 1 heterocycles. The van der Waals surface area contributed by atoms with Crippen molar-refractivity contribution in [3.8, 4) is 0 Å². The first-order chi connectivity index (χ1) is 7.57. The molecular weight excluding hydrogens is 208 g/mol. The summed E-state index contributed by atoms with van der Waals surface area (Å²) in [5.41, 5.74) is 0. The smallest absolute Gasteiger partial charge is 0.326 e. The van der Waals surface area contributed by atoms with E-state index in [4.69, 9.17) is 5.11 Å². The van der Waals surface area contributed by atoms with E-state index in [1.54, 1.807) is 11.9 Å². The van der Waals surface area contributed by atoms with Crippen molar-refractivity contribution in [3.05, 3.63) is 0 Å². The Hall–Kier alpha value is -1.26. The van der Waals surface area contributed by atoms with Crippen LogP contribution in [0.15, 0.2) is 0 Å². The van der Waals surface area contributed by atoms with Gasteiger partial charge in [0.25, 0.3) is 0 Å². The van der Waals surface area contributed by atoms with E-state index in [0.717, 1.165) is 19.3 Å². The predicted molar refractivity (Wildman–Crippen MR) is 60.3 cm³/mol. The van der Waals surface area contributed by atoms with Gasteiger partial charge in [-0.1, -0.05) is 12.8 Å². The third-order valence-electron chi connectivity index (χ3n) is 3.08. The van der Waals surface area contributed by atoms with Crippen molar-refractivity contribution in [2.24, 2.45) is 0 Å². The lowest BCUT2D eigenvalue weighted by Gasteiger charge is -2.30. The largest absolute Gasteiger partial charge is 0.480 e. The number of carboxylic acids is 1. The lowest BCUT2D eigenvalue weighted by molar-refractivity contribution is -0.142. The molecule has 92 valence electrons. The van der Waals surface area contributed by atoms with Crippen LogP contribution in [0.4, 0.5) is 4.79 Å². The molecule has 0 aromatic heterocycles. The summed E-state index contributed by atoms with van der Waals surface area (Å²) in [4.78, 5) is 26.2. The van der Waals surface area contributed by atoms with Gasteiger partial charge in [0.2, 0.25) is 0 Å². The molecule has 1 unspecified atom stereocenters. The summed E-state index contributed by atoms with van der Waals surface area (Å²) in [6.07, 6.45) is 3.35. The predicted octanol–water partition coefficient (Wildman–Crippen LogP) is 1.39. The molecule has 0 radical (unpaired) electrons. The van der Waals surface area contributed by atoms with Crippen molar-refractivity contribution in [1.29, 1.82) is 0 Å². The number of nitrogens with zero attached hydrogens (tertiary/aromatic N) is 2. The van der Waals surface area contributed by atoms with E-state index in [0.29, 0.717) is 19.5 Å². The van der Waals surface area contributed by atoms with Crippen molar-refractivity contribution in [2.45, 2.75) is 38.6 Å². The number of hydrogen-bond acceptors (Lipinski definition) is 2. The molecule has 0 spiro atoms. The fourth-order valence-electron chi connectivity index (χ4n) is 1.95. The van der Waals surface area contributed by atoms with Gasteiger partial charge in [-0.3, -0.25) is 0 Å². The summed E-state index contributed by atoms with van der Waals surface area (Å²) < 4.78 is 0. The number of carbonyl (C=O) groups is 2. The lowest BCUT2D eigenvalue weighted by atomic mass is 10.1. The van der Waals surface area contributed by atoms with Crippen molar-refractivity contribution < 1.29 is 14.7 Å². The normalized spacial score (nSPS) is 21.4. The zero-order valence-electron chi connectivity index (χ0n) is 9.98. The Morgan fingerprint density at radius 3 is 2.62 bits per heavy atom. The second-order valence-corrected chi connectivity index (χ2v) is 4.19. The maximum absolute atomic E-state index is 12.0. The SMILES string of the molecule is CCN(C)C(=O)N1CCCCCC1C(=O)O. The zero-order valence-corrected chi connectivity index (χ0v) is 9.98. The van der Waals surface area contributed by atoms with E-state index in [2.05, 4.69) is 0 Å². The lowest BCUT2D eigenvalue weighted by Crippen LogP contribution is -2.49. The minimum atomic E-state index is -0.889. The number of amides is 2. The Balaban J connectivity index is 2.78. The van der Waals surface area contributed by atoms with Gasteiger partial charge in [0.05, 0.1) is 0 Å². The summed E-state index contributed by atoms with van der Waals surface area (Å²) in [5.74, 6) is -0.889. The fraction of sp³-hybridized carbons (Fsp3) is 0.818. The third kappa shape index (κ3) is 2.87. The maximum Gasteiger partial charge on any atom is 0.326 e. The molecule has 0 bridgehead atoms. The molecule has 0 aromatic carbocycles. The molecule has 1 aliphatic heterocycles. The zero-order chi connectivity index (χ0) is 12.1. The number of likely N-dealkylation sites (tertiary alicyclic amines) is 1. The highest BCUT2D eigenvalue weighted by Crippen LogP contribution is 2.18. The Labute approximate surface area is 96.0 Å². The minimum absolute atomic E-state index is 0.170. The van der Waals surface area contributed by atoms with Gasteiger partial charge in [-0.2, -0.15) is 0 Å². The monoisotopic (exact) mass is 228 g/mol. The summed E-state index contributed by atoms with van der Waals surface area (Å²) in [6.45, 7) is 3.04. The molecule has 5 heteroatoms. The van der Waals surface area contributed by atoms with E-state index < -0.39 is 12.0 Å². The van der Waals surface area contributed by atoms with Crippen molar-refractivity contribution in [2.75, 3.05) is 20.1 Å². The van der Waals surface area contributed by atoms with E-state index in [1.807, 2.05) is 6.92 Å². The van der Waals surface area contributed by atoms with Crippen LogP contribution in [0.2, 0.25) is 0 Å². The van der Waals surface area contributed by atoms with Crippen molar-refractivity contribution >= 4 is 12.0 Å². The highest BCUT2D eigenvalue weighted by atomic mass is 16.4. The minimum Gasteiger partial charge on any atom is -0.480 e. The van der Waals surface area contributed by atoms with Crippen molar-refractivity contribution in [1.82, 2.24) is 9.80 Å². The van der Waals surface area contributed by atoms with Crippen LogP contribution in [0.3, 0.4) is 0 Å².